The first-order chi connectivity index (χ1) is 9.11. The Kier molecular flexibility index (Phi) is 6.79. The van der Waals surface area contributed by atoms with Gasteiger partial charge in [-0.3, -0.25) is 0 Å². The number of para-hydroxylation sites is 1. The van der Waals surface area contributed by atoms with Crippen molar-refractivity contribution in [1.82, 2.24) is 4.72 Å². The van der Waals surface area contributed by atoms with Crippen molar-refractivity contribution in [3.63, 3.8) is 0 Å². The molecule has 7 heteroatoms. The molecule has 0 aliphatic heterocycles. The zero-order valence-corrected chi connectivity index (χ0v) is 11.9. The molecule has 6 nitrogen and oxygen atoms in total. The molecule has 0 radical (unpaired) electrons. The minimum atomic E-state index is -3.44. The van der Waals surface area contributed by atoms with Gasteiger partial charge in [0.15, 0.2) is 0 Å². The Hall–Kier alpha value is -1.15. The van der Waals surface area contributed by atoms with E-state index in [-0.39, 0.29) is 4.90 Å². The SMILES string of the molecule is CNS(=O)(=O)c1ccccc1NCCCOCCN. The Labute approximate surface area is 114 Å². The zero-order valence-electron chi connectivity index (χ0n) is 11.1. The largest absolute Gasteiger partial charge is 0.384 e. The van der Waals surface area contributed by atoms with Crippen molar-refractivity contribution in [2.24, 2.45) is 5.73 Å². The van der Waals surface area contributed by atoms with Crippen molar-refractivity contribution >= 4 is 15.7 Å². The fraction of sp³-hybridized carbons (Fsp3) is 0.500. The number of anilines is 1. The molecule has 0 spiro atoms. The van der Waals surface area contributed by atoms with Gasteiger partial charge in [0.25, 0.3) is 0 Å². The van der Waals surface area contributed by atoms with Gasteiger partial charge in [0.05, 0.1) is 12.3 Å². The average molecular weight is 287 g/mol. The monoisotopic (exact) mass is 287 g/mol. The van der Waals surface area contributed by atoms with Crippen LogP contribution in [0.3, 0.4) is 0 Å². The van der Waals surface area contributed by atoms with Gasteiger partial charge < -0.3 is 15.8 Å². The zero-order chi connectivity index (χ0) is 14.1. The van der Waals surface area contributed by atoms with Crippen molar-refractivity contribution in [3.05, 3.63) is 24.3 Å². The molecule has 1 aromatic carbocycles. The lowest BCUT2D eigenvalue weighted by Gasteiger charge is -2.11. The summed E-state index contributed by atoms with van der Waals surface area (Å²) in [4.78, 5) is 0.250. The van der Waals surface area contributed by atoms with E-state index in [1.165, 1.54) is 7.05 Å². The molecule has 0 saturated carbocycles. The summed E-state index contributed by atoms with van der Waals surface area (Å²) in [6.45, 7) is 2.30. The van der Waals surface area contributed by atoms with E-state index in [2.05, 4.69) is 10.0 Å². The molecule has 1 rings (SSSR count). The highest BCUT2D eigenvalue weighted by atomic mass is 32.2. The van der Waals surface area contributed by atoms with Gasteiger partial charge in [0.1, 0.15) is 4.90 Å². The highest BCUT2D eigenvalue weighted by molar-refractivity contribution is 7.89. The number of hydrogen-bond donors (Lipinski definition) is 3. The van der Waals surface area contributed by atoms with Gasteiger partial charge in [-0.15, -0.1) is 0 Å². The van der Waals surface area contributed by atoms with Crippen LogP contribution in [-0.2, 0) is 14.8 Å². The van der Waals surface area contributed by atoms with Gasteiger partial charge >= 0.3 is 0 Å². The molecule has 0 saturated heterocycles. The fourth-order valence-electron chi connectivity index (χ4n) is 1.54. The van der Waals surface area contributed by atoms with Gasteiger partial charge in [-0.25, -0.2) is 13.1 Å². The second-order valence-electron chi connectivity index (χ2n) is 3.89. The number of ether oxygens (including phenoxy) is 1. The van der Waals surface area contributed by atoms with Crippen molar-refractivity contribution in [3.8, 4) is 0 Å². The average Bonchev–Trinajstić information content (AvgIpc) is 2.43. The van der Waals surface area contributed by atoms with E-state index >= 15 is 0 Å². The summed E-state index contributed by atoms with van der Waals surface area (Å²) in [5.74, 6) is 0. The Bertz CT molecular complexity index is 477. The van der Waals surface area contributed by atoms with E-state index in [0.717, 1.165) is 6.42 Å². The lowest BCUT2D eigenvalue weighted by molar-refractivity contribution is 0.141. The highest BCUT2D eigenvalue weighted by Crippen LogP contribution is 2.20. The van der Waals surface area contributed by atoms with E-state index in [1.54, 1.807) is 24.3 Å². The number of sulfonamides is 1. The number of rotatable bonds is 9. The van der Waals surface area contributed by atoms with E-state index in [1.807, 2.05) is 0 Å². The maximum Gasteiger partial charge on any atom is 0.242 e. The van der Waals surface area contributed by atoms with Crippen LogP contribution in [0.1, 0.15) is 6.42 Å². The van der Waals surface area contributed by atoms with Crippen molar-refractivity contribution in [2.75, 3.05) is 38.7 Å². The minimum absolute atomic E-state index is 0.250. The fourth-order valence-corrected chi connectivity index (χ4v) is 2.45. The standard InChI is InChI=1S/C12H21N3O3S/c1-14-19(16,17)12-6-3-2-5-11(12)15-8-4-9-18-10-7-13/h2-3,5-6,14-15H,4,7-10,13H2,1H3. The van der Waals surface area contributed by atoms with Crippen molar-refractivity contribution in [1.29, 1.82) is 0 Å². The molecule has 0 amide bonds. The second kappa shape index (κ2) is 8.11. The van der Waals surface area contributed by atoms with E-state index in [0.29, 0.717) is 32.0 Å². The number of hydrogen-bond acceptors (Lipinski definition) is 5. The van der Waals surface area contributed by atoms with Crippen LogP contribution in [0.25, 0.3) is 0 Å². The topological polar surface area (TPSA) is 93.5 Å². The van der Waals surface area contributed by atoms with Crippen LogP contribution in [0.15, 0.2) is 29.2 Å². The quantitative estimate of drug-likeness (QED) is 0.571. The van der Waals surface area contributed by atoms with Crippen molar-refractivity contribution < 1.29 is 13.2 Å². The minimum Gasteiger partial charge on any atom is -0.384 e. The molecular weight excluding hydrogens is 266 g/mol. The van der Waals surface area contributed by atoms with Crippen LogP contribution >= 0.6 is 0 Å². The smallest absolute Gasteiger partial charge is 0.242 e. The third-order valence-electron chi connectivity index (χ3n) is 2.49. The molecule has 0 aliphatic rings. The highest BCUT2D eigenvalue weighted by Gasteiger charge is 2.15. The van der Waals surface area contributed by atoms with E-state index < -0.39 is 10.0 Å². The summed E-state index contributed by atoms with van der Waals surface area (Å²) in [5, 5.41) is 3.10. The van der Waals surface area contributed by atoms with Gasteiger partial charge in [-0.1, -0.05) is 12.1 Å². The second-order valence-corrected chi connectivity index (χ2v) is 5.74. The summed E-state index contributed by atoms with van der Waals surface area (Å²) in [7, 11) is -2.04. The van der Waals surface area contributed by atoms with Crippen LogP contribution in [0.4, 0.5) is 5.69 Å². The van der Waals surface area contributed by atoms with Gasteiger partial charge in [0, 0.05) is 19.7 Å². The first-order valence-electron chi connectivity index (χ1n) is 6.16. The maximum absolute atomic E-state index is 11.8. The Morgan fingerprint density at radius 2 is 2.00 bits per heavy atom. The molecule has 19 heavy (non-hydrogen) atoms. The molecule has 0 atom stereocenters. The summed E-state index contributed by atoms with van der Waals surface area (Å²) in [6.07, 6.45) is 0.786. The maximum atomic E-state index is 11.8. The first kappa shape index (κ1) is 15.9. The van der Waals surface area contributed by atoms with Crippen LogP contribution < -0.4 is 15.8 Å². The Balaban J connectivity index is 2.55. The summed E-state index contributed by atoms with van der Waals surface area (Å²) >= 11 is 0. The van der Waals surface area contributed by atoms with Crippen LogP contribution in [-0.4, -0.2) is 41.8 Å². The number of nitrogens with one attached hydrogen (secondary N) is 2. The molecule has 0 heterocycles. The predicted octanol–water partition coefficient (Wildman–Crippen LogP) is 0.372. The number of benzene rings is 1. The third kappa shape index (κ3) is 5.15. The van der Waals surface area contributed by atoms with Gasteiger partial charge in [0.2, 0.25) is 10.0 Å². The molecule has 108 valence electrons. The molecule has 0 fully saturated rings. The van der Waals surface area contributed by atoms with Gasteiger partial charge in [-0.2, -0.15) is 0 Å². The number of nitrogens with two attached hydrogens (primary N) is 1. The Morgan fingerprint density at radius 3 is 2.68 bits per heavy atom. The molecule has 0 unspecified atom stereocenters. The Morgan fingerprint density at radius 1 is 1.26 bits per heavy atom. The van der Waals surface area contributed by atoms with E-state index in [9.17, 15) is 8.42 Å². The third-order valence-corrected chi connectivity index (χ3v) is 3.96. The molecule has 1 aromatic rings. The summed E-state index contributed by atoms with van der Waals surface area (Å²) < 4.78 is 31.2. The lowest BCUT2D eigenvalue weighted by atomic mass is 10.3. The summed E-state index contributed by atoms with van der Waals surface area (Å²) in [5.41, 5.74) is 5.90. The normalized spacial score (nSPS) is 11.5. The molecular formula is C12H21N3O3S. The lowest BCUT2D eigenvalue weighted by Crippen LogP contribution is -2.20. The van der Waals surface area contributed by atoms with Crippen LogP contribution in [0.2, 0.25) is 0 Å². The van der Waals surface area contributed by atoms with Crippen LogP contribution in [0.5, 0.6) is 0 Å². The van der Waals surface area contributed by atoms with Crippen molar-refractivity contribution in [2.45, 2.75) is 11.3 Å². The first-order valence-corrected chi connectivity index (χ1v) is 7.64. The van der Waals surface area contributed by atoms with Gasteiger partial charge in [-0.05, 0) is 25.6 Å². The molecule has 4 N–H and O–H groups in total. The predicted molar refractivity (Wildman–Crippen MR) is 75.7 cm³/mol. The molecule has 0 aromatic heterocycles. The van der Waals surface area contributed by atoms with E-state index in [4.69, 9.17) is 10.5 Å². The molecule has 0 aliphatic carbocycles. The van der Waals surface area contributed by atoms with Crippen LogP contribution in [0, 0.1) is 0 Å². The molecule has 0 bridgehead atoms. The summed E-state index contributed by atoms with van der Waals surface area (Å²) in [6, 6.07) is 6.80.